The van der Waals surface area contributed by atoms with Crippen LogP contribution < -0.4 is 0 Å². The van der Waals surface area contributed by atoms with E-state index in [9.17, 15) is 13.6 Å². The Bertz CT molecular complexity index is 704. The van der Waals surface area contributed by atoms with Gasteiger partial charge in [-0.15, -0.1) is 0 Å². The second-order valence-corrected chi connectivity index (χ2v) is 4.97. The van der Waals surface area contributed by atoms with Gasteiger partial charge in [0.1, 0.15) is 5.15 Å². The van der Waals surface area contributed by atoms with E-state index >= 15 is 0 Å². The summed E-state index contributed by atoms with van der Waals surface area (Å²) >= 11 is 5.94. The van der Waals surface area contributed by atoms with E-state index in [4.69, 9.17) is 16.7 Å². The minimum atomic E-state index is -3.28. The molecule has 1 fully saturated rings. The molecule has 1 aromatic carbocycles. The van der Waals surface area contributed by atoms with Crippen LogP contribution in [0.5, 0.6) is 0 Å². The van der Waals surface area contributed by atoms with Crippen LogP contribution >= 0.6 is 11.6 Å². The number of pyridine rings is 1. The highest BCUT2D eigenvalue weighted by atomic mass is 35.5. The van der Waals surface area contributed by atoms with Crippen molar-refractivity contribution in [2.24, 2.45) is 0 Å². The summed E-state index contributed by atoms with van der Waals surface area (Å²) in [5.41, 5.74) is -2.42. The molecule has 1 unspecified atom stereocenters. The van der Waals surface area contributed by atoms with Gasteiger partial charge in [0.05, 0.1) is 5.69 Å². The van der Waals surface area contributed by atoms with Crippen molar-refractivity contribution in [1.82, 2.24) is 4.98 Å². The molecule has 0 aliphatic heterocycles. The number of hydrogen-bond acceptors (Lipinski definition) is 2. The maximum absolute atomic E-state index is 13.5. The lowest BCUT2D eigenvalue weighted by Gasteiger charge is -2.12. The summed E-state index contributed by atoms with van der Waals surface area (Å²) < 4.78 is 26.9. The Morgan fingerprint density at radius 1 is 1.37 bits per heavy atom. The van der Waals surface area contributed by atoms with E-state index in [1.54, 1.807) is 24.3 Å². The number of alkyl halides is 2. The largest absolute Gasteiger partial charge is 0.480 e. The molecule has 1 atom stereocenters. The Morgan fingerprint density at radius 2 is 2.00 bits per heavy atom. The van der Waals surface area contributed by atoms with Crippen molar-refractivity contribution in [3.8, 4) is 0 Å². The van der Waals surface area contributed by atoms with E-state index in [1.807, 2.05) is 0 Å². The molecule has 3 rings (SSSR count). The van der Waals surface area contributed by atoms with Crippen molar-refractivity contribution in [1.29, 1.82) is 0 Å². The van der Waals surface area contributed by atoms with E-state index in [2.05, 4.69) is 4.98 Å². The first-order chi connectivity index (χ1) is 8.88. The van der Waals surface area contributed by atoms with Gasteiger partial charge in [0.2, 0.25) is 0 Å². The van der Waals surface area contributed by atoms with Gasteiger partial charge < -0.3 is 5.11 Å². The summed E-state index contributed by atoms with van der Waals surface area (Å²) in [6.07, 6.45) is -0.739. The number of aliphatic carboxylic acids is 1. The third kappa shape index (κ3) is 1.54. The molecule has 1 heterocycles. The number of benzene rings is 1. The summed E-state index contributed by atoms with van der Waals surface area (Å²) in [6.45, 7) is 0. The minimum Gasteiger partial charge on any atom is -0.480 e. The topological polar surface area (TPSA) is 50.2 Å². The average molecular weight is 284 g/mol. The quantitative estimate of drug-likeness (QED) is 0.861. The zero-order valence-corrected chi connectivity index (χ0v) is 10.3. The predicted molar refractivity (Wildman–Crippen MR) is 65.6 cm³/mol. The molecule has 1 aliphatic carbocycles. The first kappa shape index (κ1) is 12.3. The van der Waals surface area contributed by atoms with Crippen LogP contribution in [-0.2, 0) is 10.2 Å². The fourth-order valence-electron chi connectivity index (χ4n) is 2.28. The predicted octanol–water partition coefficient (Wildman–Crippen LogP) is 3.25. The molecule has 98 valence electrons. The van der Waals surface area contributed by atoms with Gasteiger partial charge in [-0.3, -0.25) is 4.79 Å². The van der Waals surface area contributed by atoms with Gasteiger partial charge in [-0.25, -0.2) is 13.8 Å². The molecule has 1 aliphatic rings. The molecule has 3 nitrogen and oxygen atoms in total. The molecule has 6 heteroatoms. The van der Waals surface area contributed by atoms with Gasteiger partial charge in [-0.05, 0) is 11.5 Å². The van der Waals surface area contributed by atoms with Crippen LogP contribution in [0.3, 0.4) is 0 Å². The Hall–Kier alpha value is -1.75. The molecular weight excluding hydrogens is 276 g/mol. The molecule has 19 heavy (non-hydrogen) atoms. The highest BCUT2D eigenvalue weighted by molar-refractivity contribution is 6.34. The monoisotopic (exact) mass is 283 g/mol. The number of carbonyl (C=O) groups is 1. The van der Waals surface area contributed by atoms with Crippen molar-refractivity contribution >= 4 is 28.3 Å². The summed E-state index contributed by atoms with van der Waals surface area (Å²) in [6, 6.07) is 8.22. The van der Waals surface area contributed by atoms with Gasteiger partial charge in [0.25, 0.3) is 5.92 Å². The van der Waals surface area contributed by atoms with Gasteiger partial charge in [-0.2, -0.15) is 0 Å². The van der Waals surface area contributed by atoms with E-state index in [-0.39, 0.29) is 10.8 Å². The van der Waals surface area contributed by atoms with Crippen LogP contribution in [0.1, 0.15) is 12.1 Å². The molecule has 0 bridgehead atoms. The third-order valence-electron chi connectivity index (χ3n) is 3.48. The second kappa shape index (κ2) is 3.63. The van der Waals surface area contributed by atoms with Crippen LogP contribution in [0.15, 0.2) is 30.3 Å². The number of hydrogen-bond donors (Lipinski definition) is 1. The molecule has 2 aromatic rings. The van der Waals surface area contributed by atoms with Crippen molar-refractivity contribution < 1.29 is 18.7 Å². The maximum Gasteiger partial charge on any atom is 0.322 e. The summed E-state index contributed by atoms with van der Waals surface area (Å²) in [5.74, 6) is -4.85. The van der Waals surface area contributed by atoms with Crippen molar-refractivity contribution in [3.63, 3.8) is 0 Å². The van der Waals surface area contributed by atoms with Gasteiger partial charge >= 0.3 is 5.97 Å². The Balaban J connectivity index is 2.25. The number of aromatic nitrogens is 1. The average Bonchev–Trinajstić information content (AvgIpc) is 2.94. The fraction of sp³-hybridized carbons (Fsp3) is 0.231. The Morgan fingerprint density at radius 3 is 2.58 bits per heavy atom. The highest BCUT2D eigenvalue weighted by Gasteiger charge is 2.78. The second-order valence-electron chi connectivity index (χ2n) is 4.61. The fourth-order valence-corrected chi connectivity index (χ4v) is 2.55. The number of carboxylic acids is 1. The lowest BCUT2D eigenvalue weighted by Crippen LogP contribution is -2.28. The molecule has 1 N–H and O–H groups in total. The van der Waals surface area contributed by atoms with Crippen LogP contribution in [0.25, 0.3) is 10.8 Å². The summed E-state index contributed by atoms with van der Waals surface area (Å²) in [5, 5.41) is 10.3. The molecular formula is C13H8ClF2NO2. The van der Waals surface area contributed by atoms with Gasteiger partial charge in [0.15, 0.2) is 5.41 Å². The molecule has 1 aromatic heterocycles. The van der Waals surface area contributed by atoms with E-state index in [0.717, 1.165) is 0 Å². The SMILES string of the molecule is O=C(O)C1(c2cc3ccccc3c(Cl)n2)CC1(F)F. The lowest BCUT2D eigenvalue weighted by atomic mass is 9.99. The van der Waals surface area contributed by atoms with Gasteiger partial charge in [0, 0.05) is 11.8 Å². The number of halogens is 3. The third-order valence-corrected chi connectivity index (χ3v) is 3.77. The molecule has 1 saturated carbocycles. The first-order valence-electron chi connectivity index (χ1n) is 5.55. The zero-order chi connectivity index (χ0) is 13.8. The highest BCUT2D eigenvalue weighted by Crippen LogP contribution is 2.61. The Kier molecular flexibility index (Phi) is 2.35. The number of carboxylic acid groups (broad SMARTS) is 1. The molecule has 0 spiro atoms. The lowest BCUT2D eigenvalue weighted by molar-refractivity contribution is -0.143. The number of fused-ring (bicyclic) bond motifs is 1. The van der Waals surface area contributed by atoms with Crippen LogP contribution in [0.4, 0.5) is 8.78 Å². The molecule has 0 amide bonds. The number of nitrogens with zero attached hydrogens (tertiary/aromatic N) is 1. The van der Waals surface area contributed by atoms with Gasteiger partial charge in [-0.1, -0.05) is 35.9 Å². The van der Waals surface area contributed by atoms with Crippen molar-refractivity contribution in [2.45, 2.75) is 17.8 Å². The molecule has 0 saturated heterocycles. The summed E-state index contributed by atoms with van der Waals surface area (Å²) in [7, 11) is 0. The molecule has 0 radical (unpaired) electrons. The Labute approximate surface area is 111 Å². The first-order valence-corrected chi connectivity index (χ1v) is 5.93. The van der Waals surface area contributed by atoms with Crippen molar-refractivity contribution in [2.75, 3.05) is 0 Å². The van der Waals surface area contributed by atoms with Crippen LogP contribution in [0.2, 0.25) is 5.15 Å². The van der Waals surface area contributed by atoms with Crippen molar-refractivity contribution in [3.05, 3.63) is 41.2 Å². The van der Waals surface area contributed by atoms with E-state index in [0.29, 0.717) is 10.8 Å². The number of rotatable bonds is 2. The standard InChI is InChI=1S/C13H8ClF2NO2/c14-10-8-4-2-1-3-7(8)5-9(17-10)12(11(18)19)6-13(12,15)16/h1-5H,6H2,(H,18,19). The van der Waals surface area contributed by atoms with E-state index < -0.39 is 23.7 Å². The minimum absolute atomic E-state index is 0.0384. The van der Waals surface area contributed by atoms with Crippen LogP contribution in [0, 0.1) is 0 Å². The zero-order valence-electron chi connectivity index (χ0n) is 9.53. The maximum atomic E-state index is 13.5. The van der Waals surface area contributed by atoms with E-state index in [1.165, 1.54) is 6.07 Å². The normalized spacial score (nSPS) is 24.4. The summed E-state index contributed by atoms with van der Waals surface area (Å²) in [4.78, 5) is 15.0. The van der Waals surface area contributed by atoms with Crippen LogP contribution in [-0.4, -0.2) is 22.0 Å². The smallest absolute Gasteiger partial charge is 0.322 e.